The predicted octanol–water partition coefficient (Wildman–Crippen LogP) is 1.04. The van der Waals surface area contributed by atoms with E-state index in [2.05, 4.69) is 14.9 Å². The predicted molar refractivity (Wildman–Crippen MR) is 60.6 cm³/mol. The van der Waals surface area contributed by atoms with Gasteiger partial charge in [0.1, 0.15) is 5.82 Å². The largest absolute Gasteiger partial charge is 0.355 e. The SMILES string of the molecule is NCCC1CCCN(c2cnccn2)C1. The summed E-state index contributed by atoms with van der Waals surface area (Å²) >= 11 is 0. The molecule has 1 unspecified atom stereocenters. The van der Waals surface area contributed by atoms with Crippen LogP contribution in [0.3, 0.4) is 0 Å². The fraction of sp³-hybridized carbons (Fsp3) is 0.636. The molecule has 0 aliphatic carbocycles. The first-order chi connectivity index (χ1) is 7.40. The summed E-state index contributed by atoms with van der Waals surface area (Å²) in [7, 11) is 0. The van der Waals surface area contributed by atoms with Crippen molar-refractivity contribution >= 4 is 5.82 Å². The molecule has 4 heteroatoms. The van der Waals surface area contributed by atoms with Crippen molar-refractivity contribution in [3.63, 3.8) is 0 Å². The van der Waals surface area contributed by atoms with Crippen LogP contribution in [0.2, 0.25) is 0 Å². The molecule has 0 bridgehead atoms. The molecule has 0 amide bonds. The highest BCUT2D eigenvalue weighted by Gasteiger charge is 2.19. The first-order valence-electron chi connectivity index (χ1n) is 5.61. The molecule has 1 saturated heterocycles. The number of aromatic nitrogens is 2. The standard InChI is InChI=1S/C11H18N4/c12-4-3-10-2-1-7-15(9-10)11-8-13-5-6-14-11/h5-6,8,10H,1-4,7,9,12H2. The normalized spacial score (nSPS) is 21.7. The quantitative estimate of drug-likeness (QED) is 0.803. The second-order valence-corrected chi connectivity index (χ2v) is 4.10. The summed E-state index contributed by atoms with van der Waals surface area (Å²) in [4.78, 5) is 10.7. The molecule has 0 aromatic carbocycles. The van der Waals surface area contributed by atoms with Gasteiger partial charge in [0.2, 0.25) is 0 Å². The van der Waals surface area contributed by atoms with E-state index < -0.39 is 0 Å². The highest BCUT2D eigenvalue weighted by Crippen LogP contribution is 2.22. The van der Waals surface area contributed by atoms with Crippen LogP contribution in [0.15, 0.2) is 18.6 Å². The molecule has 0 saturated carbocycles. The van der Waals surface area contributed by atoms with Crippen molar-refractivity contribution in [3.05, 3.63) is 18.6 Å². The number of rotatable bonds is 3. The van der Waals surface area contributed by atoms with Crippen molar-refractivity contribution in [2.75, 3.05) is 24.5 Å². The molecule has 4 nitrogen and oxygen atoms in total. The lowest BCUT2D eigenvalue weighted by molar-refractivity contribution is 0.394. The van der Waals surface area contributed by atoms with E-state index in [0.717, 1.165) is 37.8 Å². The Hall–Kier alpha value is -1.16. The van der Waals surface area contributed by atoms with Crippen LogP contribution in [0.5, 0.6) is 0 Å². The van der Waals surface area contributed by atoms with Crippen LogP contribution in [0, 0.1) is 5.92 Å². The molecule has 1 fully saturated rings. The highest BCUT2D eigenvalue weighted by atomic mass is 15.2. The summed E-state index contributed by atoms with van der Waals surface area (Å²) in [5, 5.41) is 0. The van der Waals surface area contributed by atoms with Gasteiger partial charge >= 0.3 is 0 Å². The van der Waals surface area contributed by atoms with E-state index >= 15 is 0 Å². The summed E-state index contributed by atoms with van der Waals surface area (Å²) in [5.41, 5.74) is 5.60. The Kier molecular flexibility index (Phi) is 3.50. The fourth-order valence-corrected chi connectivity index (χ4v) is 2.20. The van der Waals surface area contributed by atoms with Gasteiger partial charge < -0.3 is 10.6 Å². The first kappa shape index (κ1) is 10.4. The van der Waals surface area contributed by atoms with Gasteiger partial charge in [-0.1, -0.05) is 0 Å². The molecule has 82 valence electrons. The lowest BCUT2D eigenvalue weighted by Gasteiger charge is -2.33. The number of hydrogen-bond acceptors (Lipinski definition) is 4. The molecular formula is C11H18N4. The van der Waals surface area contributed by atoms with Gasteiger partial charge in [-0.15, -0.1) is 0 Å². The minimum Gasteiger partial charge on any atom is -0.355 e. The van der Waals surface area contributed by atoms with Gasteiger partial charge in [-0.3, -0.25) is 4.98 Å². The molecule has 2 N–H and O–H groups in total. The molecule has 2 rings (SSSR count). The first-order valence-corrected chi connectivity index (χ1v) is 5.61. The lowest BCUT2D eigenvalue weighted by Crippen LogP contribution is -2.36. The van der Waals surface area contributed by atoms with Crippen LogP contribution in [0.1, 0.15) is 19.3 Å². The Morgan fingerprint density at radius 2 is 2.40 bits per heavy atom. The summed E-state index contributed by atoms with van der Waals surface area (Å²) in [5.74, 6) is 1.73. The number of nitrogens with zero attached hydrogens (tertiary/aromatic N) is 3. The molecule has 1 aliphatic rings. The van der Waals surface area contributed by atoms with Crippen LogP contribution >= 0.6 is 0 Å². The van der Waals surface area contributed by atoms with E-state index in [-0.39, 0.29) is 0 Å². The Morgan fingerprint density at radius 1 is 1.47 bits per heavy atom. The molecular weight excluding hydrogens is 188 g/mol. The molecule has 15 heavy (non-hydrogen) atoms. The van der Waals surface area contributed by atoms with E-state index in [1.54, 1.807) is 12.4 Å². The number of nitrogens with two attached hydrogens (primary N) is 1. The zero-order valence-corrected chi connectivity index (χ0v) is 8.97. The maximum Gasteiger partial charge on any atom is 0.147 e. The van der Waals surface area contributed by atoms with E-state index in [1.807, 2.05) is 6.20 Å². The smallest absolute Gasteiger partial charge is 0.147 e. The summed E-state index contributed by atoms with van der Waals surface area (Å²) < 4.78 is 0. The third-order valence-electron chi connectivity index (χ3n) is 2.97. The Bertz CT molecular complexity index is 286. The molecule has 1 aliphatic heterocycles. The molecule has 1 atom stereocenters. The average molecular weight is 206 g/mol. The van der Waals surface area contributed by atoms with Crippen LogP contribution < -0.4 is 10.6 Å². The van der Waals surface area contributed by atoms with Crippen molar-refractivity contribution < 1.29 is 0 Å². The van der Waals surface area contributed by atoms with Gasteiger partial charge in [0, 0.05) is 25.5 Å². The summed E-state index contributed by atoms with van der Waals surface area (Å²) in [6.45, 7) is 2.97. The van der Waals surface area contributed by atoms with E-state index in [1.165, 1.54) is 12.8 Å². The molecule has 1 aromatic heterocycles. The van der Waals surface area contributed by atoms with Crippen molar-refractivity contribution in [2.45, 2.75) is 19.3 Å². The minimum atomic E-state index is 0.728. The molecule has 0 radical (unpaired) electrons. The number of anilines is 1. The highest BCUT2D eigenvalue weighted by molar-refractivity contribution is 5.35. The fourth-order valence-electron chi connectivity index (χ4n) is 2.20. The maximum absolute atomic E-state index is 5.60. The molecule has 0 spiro atoms. The van der Waals surface area contributed by atoms with Crippen LogP contribution in [0.25, 0.3) is 0 Å². The van der Waals surface area contributed by atoms with E-state index in [9.17, 15) is 0 Å². The van der Waals surface area contributed by atoms with Crippen molar-refractivity contribution in [1.82, 2.24) is 9.97 Å². The average Bonchev–Trinajstić information content (AvgIpc) is 2.31. The van der Waals surface area contributed by atoms with Gasteiger partial charge in [0.25, 0.3) is 0 Å². The maximum atomic E-state index is 5.60. The Balaban J connectivity index is 1.98. The zero-order chi connectivity index (χ0) is 10.5. The van der Waals surface area contributed by atoms with Crippen LogP contribution in [-0.4, -0.2) is 29.6 Å². The van der Waals surface area contributed by atoms with Gasteiger partial charge in [-0.2, -0.15) is 0 Å². The number of hydrogen-bond donors (Lipinski definition) is 1. The topological polar surface area (TPSA) is 55.0 Å². The monoisotopic (exact) mass is 206 g/mol. The second kappa shape index (κ2) is 5.07. The van der Waals surface area contributed by atoms with Crippen LogP contribution in [-0.2, 0) is 0 Å². The summed E-state index contributed by atoms with van der Waals surface area (Å²) in [6, 6.07) is 0. The summed E-state index contributed by atoms with van der Waals surface area (Å²) in [6.07, 6.45) is 8.96. The van der Waals surface area contributed by atoms with E-state index in [0.29, 0.717) is 0 Å². The van der Waals surface area contributed by atoms with E-state index in [4.69, 9.17) is 5.73 Å². The third-order valence-corrected chi connectivity index (χ3v) is 2.97. The second-order valence-electron chi connectivity index (χ2n) is 4.10. The van der Waals surface area contributed by atoms with Gasteiger partial charge in [-0.25, -0.2) is 4.98 Å². The Labute approximate surface area is 90.5 Å². The lowest BCUT2D eigenvalue weighted by atomic mass is 9.95. The Morgan fingerprint density at radius 3 is 3.13 bits per heavy atom. The van der Waals surface area contributed by atoms with Gasteiger partial charge in [-0.05, 0) is 31.7 Å². The molecule has 1 aromatic rings. The third kappa shape index (κ3) is 2.65. The van der Waals surface area contributed by atoms with Gasteiger partial charge in [0.15, 0.2) is 0 Å². The van der Waals surface area contributed by atoms with Crippen molar-refractivity contribution in [1.29, 1.82) is 0 Å². The number of piperidine rings is 1. The van der Waals surface area contributed by atoms with Gasteiger partial charge in [0.05, 0.1) is 6.20 Å². The molecule has 2 heterocycles. The minimum absolute atomic E-state index is 0.728. The zero-order valence-electron chi connectivity index (χ0n) is 8.97. The van der Waals surface area contributed by atoms with Crippen molar-refractivity contribution in [2.24, 2.45) is 11.7 Å². The van der Waals surface area contributed by atoms with Crippen LogP contribution in [0.4, 0.5) is 5.82 Å². The van der Waals surface area contributed by atoms with Crippen molar-refractivity contribution in [3.8, 4) is 0 Å².